The minimum absolute atomic E-state index is 0.519. The summed E-state index contributed by atoms with van der Waals surface area (Å²) in [6.45, 7) is 1.57. The van der Waals surface area contributed by atoms with Crippen LogP contribution in [-0.2, 0) is 9.53 Å². The van der Waals surface area contributed by atoms with Gasteiger partial charge in [0.2, 0.25) is 5.82 Å². The molecule has 1 aliphatic heterocycles. The van der Waals surface area contributed by atoms with E-state index in [4.69, 9.17) is 4.74 Å². The summed E-state index contributed by atoms with van der Waals surface area (Å²) >= 11 is 0. The fourth-order valence-corrected chi connectivity index (χ4v) is 3.15. The molecule has 9 nitrogen and oxygen atoms in total. The Morgan fingerprint density at radius 1 is 1.21 bits per heavy atom. The summed E-state index contributed by atoms with van der Waals surface area (Å²) < 4.78 is 19.4. The van der Waals surface area contributed by atoms with Crippen LogP contribution in [0.25, 0.3) is 0 Å². The summed E-state index contributed by atoms with van der Waals surface area (Å²) in [6, 6.07) is 8.61. The molecule has 0 amide bonds. The first-order valence-corrected chi connectivity index (χ1v) is 8.51. The molecule has 4 N–H and O–H groups in total. The largest absolute Gasteiger partial charge is 0.387 e. The molecule has 0 spiro atoms. The predicted molar refractivity (Wildman–Crippen MR) is 93.1 cm³/mol. The van der Waals surface area contributed by atoms with Gasteiger partial charge in [0.05, 0.1) is 6.20 Å². The smallest absolute Gasteiger partial charge is 0.330 e. The number of aromatic amines is 1. The lowest BCUT2D eigenvalue weighted by Crippen LogP contribution is -2.44. The van der Waals surface area contributed by atoms with Crippen molar-refractivity contribution in [2.75, 3.05) is 0 Å². The predicted octanol–water partition coefficient (Wildman–Crippen LogP) is -0.971. The summed E-state index contributed by atoms with van der Waals surface area (Å²) in [4.78, 5) is 37.3. The van der Waals surface area contributed by atoms with Gasteiger partial charge in [-0.2, -0.15) is 4.39 Å². The minimum atomic E-state index is -1.81. The normalized spacial score (nSPS) is 26.8. The van der Waals surface area contributed by atoms with Crippen molar-refractivity contribution in [2.24, 2.45) is 0 Å². The van der Waals surface area contributed by atoms with E-state index in [1.165, 1.54) is 0 Å². The summed E-state index contributed by atoms with van der Waals surface area (Å²) in [7, 11) is 0. The van der Waals surface area contributed by atoms with Gasteiger partial charge in [0, 0.05) is 5.92 Å². The van der Waals surface area contributed by atoms with Crippen molar-refractivity contribution in [2.45, 2.75) is 43.5 Å². The van der Waals surface area contributed by atoms with Gasteiger partial charge in [0.15, 0.2) is 12.0 Å². The Hall–Kier alpha value is -2.66. The first-order valence-electron chi connectivity index (χ1n) is 8.51. The average molecular weight is 394 g/mol. The molecule has 150 valence electrons. The van der Waals surface area contributed by atoms with Crippen LogP contribution in [0.5, 0.6) is 0 Å². The van der Waals surface area contributed by atoms with E-state index in [2.05, 4.69) is 0 Å². The fraction of sp³-hybridized carbons (Fsp3) is 0.389. The number of halogens is 1. The highest BCUT2D eigenvalue weighted by Gasteiger charge is 2.49. The maximum Gasteiger partial charge on any atom is 0.330 e. The fourth-order valence-electron chi connectivity index (χ4n) is 3.15. The van der Waals surface area contributed by atoms with Crippen molar-refractivity contribution >= 4 is 5.78 Å². The Labute approximate surface area is 157 Å². The summed E-state index contributed by atoms with van der Waals surface area (Å²) in [6.07, 6.45) is -7.93. The van der Waals surface area contributed by atoms with Crippen LogP contribution in [0.1, 0.15) is 24.6 Å². The molecule has 1 aromatic carbocycles. The zero-order valence-electron chi connectivity index (χ0n) is 14.7. The number of carbonyl (C=O) groups excluding carboxylic acids is 1. The SMILES string of the molecule is CC(C(=O)C(O)[C@H]1OC(n2cc(F)c(=O)[nH]c2=O)[C@H](O)[C@@H]1O)c1ccccc1. The topological polar surface area (TPSA) is 142 Å². The zero-order chi connectivity index (χ0) is 20.6. The van der Waals surface area contributed by atoms with Crippen molar-refractivity contribution in [3.63, 3.8) is 0 Å². The van der Waals surface area contributed by atoms with Crippen molar-refractivity contribution in [3.05, 3.63) is 68.7 Å². The number of hydrogen-bond donors (Lipinski definition) is 4. The third-order valence-electron chi connectivity index (χ3n) is 4.80. The first-order chi connectivity index (χ1) is 13.2. The molecule has 1 aromatic heterocycles. The molecule has 6 atom stereocenters. The maximum atomic E-state index is 13.5. The van der Waals surface area contributed by atoms with Gasteiger partial charge in [-0.15, -0.1) is 0 Å². The maximum absolute atomic E-state index is 13.5. The second-order valence-corrected chi connectivity index (χ2v) is 6.60. The van der Waals surface area contributed by atoms with Gasteiger partial charge < -0.3 is 20.1 Å². The van der Waals surface area contributed by atoms with E-state index in [0.29, 0.717) is 16.3 Å². The molecule has 0 aliphatic carbocycles. The van der Waals surface area contributed by atoms with Crippen LogP contribution in [-0.4, -0.2) is 55.1 Å². The number of nitrogens with zero attached hydrogens (tertiary/aromatic N) is 1. The molecular weight excluding hydrogens is 375 g/mol. The Morgan fingerprint density at radius 3 is 2.50 bits per heavy atom. The lowest BCUT2D eigenvalue weighted by atomic mass is 9.90. The molecular formula is C18H19FN2O7. The standard InChI is InChI=1S/C18H19FN2O7/c1-8(9-5-3-2-4-6-9)11(22)12(23)15-13(24)14(25)17(28-15)21-7-10(19)16(26)20-18(21)27/h2-8,12-15,17,23-25H,1H3,(H,20,26,27)/t8?,12?,13-,14+,15+,17?/m0/s1. The molecule has 1 aliphatic rings. The van der Waals surface area contributed by atoms with Crippen molar-refractivity contribution in [3.8, 4) is 0 Å². The molecule has 0 radical (unpaired) electrons. The van der Waals surface area contributed by atoms with Gasteiger partial charge in [-0.3, -0.25) is 19.1 Å². The molecule has 3 rings (SSSR count). The van der Waals surface area contributed by atoms with Crippen LogP contribution in [0.2, 0.25) is 0 Å². The highest BCUT2D eigenvalue weighted by atomic mass is 19.1. The Kier molecular flexibility index (Phi) is 5.57. The molecule has 2 heterocycles. The van der Waals surface area contributed by atoms with Crippen molar-refractivity contribution in [1.82, 2.24) is 9.55 Å². The quantitative estimate of drug-likeness (QED) is 0.511. The van der Waals surface area contributed by atoms with E-state index in [1.54, 1.807) is 42.2 Å². The van der Waals surface area contributed by atoms with Gasteiger partial charge in [-0.1, -0.05) is 37.3 Å². The first kappa shape index (κ1) is 20.1. The molecule has 10 heteroatoms. The minimum Gasteiger partial charge on any atom is -0.387 e. The van der Waals surface area contributed by atoms with Crippen molar-refractivity contribution < 1.29 is 29.2 Å². The molecule has 2 aromatic rings. The van der Waals surface area contributed by atoms with Crippen LogP contribution in [0, 0.1) is 5.82 Å². The summed E-state index contributed by atoms with van der Waals surface area (Å²) in [5.41, 5.74) is -1.70. The van der Waals surface area contributed by atoms with Crippen LogP contribution >= 0.6 is 0 Å². The van der Waals surface area contributed by atoms with Gasteiger partial charge in [-0.05, 0) is 5.56 Å². The van der Waals surface area contributed by atoms with Gasteiger partial charge >= 0.3 is 5.69 Å². The van der Waals surface area contributed by atoms with Gasteiger partial charge in [-0.25, -0.2) is 4.79 Å². The van der Waals surface area contributed by atoms with Gasteiger partial charge in [0.1, 0.15) is 24.4 Å². The van der Waals surface area contributed by atoms with Crippen molar-refractivity contribution in [1.29, 1.82) is 0 Å². The zero-order valence-corrected chi connectivity index (χ0v) is 14.7. The van der Waals surface area contributed by atoms with Crippen LogP contribution in [0.15, 0.2) is 46.1 Å². The number of Topliss-reactive ketones (excluding diaryl/α,β-unsaturated/α-hetero) is 1. The average Bonchev–Trinajstić information content (AvgIpc) is 2.98. The van der Waals surface area contributed by atoms with E-state index in [1.807, 2.05) is 0 Å². The summed E-state index contributed by atoms with van der Waals surface area (Å²) in [5, 5.41) is 30.8. The highest BCUT2D eigenvalue weighted by Crippen LogP contribution is 2.32. The number of rotatable bonds is 5. The molecule has 3 unspecified atom stereocenters. The number of ketones is 1. The van der Waals surface area contributed by atoms with Gasteiger partial charge in [0.25, 0.3) is 5.56 Å². The number of aliphatic hydroxyl groups excluding tert-OH is 3. The van der Waals surface area contributed by atoms with E-state index < -0.39 is 59.4 Å². The van der Waals surface area contributed by atoms with E-state index in [9.17, 15) is 34.1 Å². The van der Waals surface area contributed by atoms with E-state index >= 15 is 0 Å². The number of nitrogens with one attached hydrogen (secondary N) is 1. The Balaban J connectivity index is 1.84. The number of ether oxygens (including phenoxy) is 1. The second kappa shape index (κ2) is 7.76. The van der Waals surface area contributed by atoms with Crippen LogP contribution < -0.4 is 11.2 Å². The third-order valence-corrected chi connectivity index (χ3v) is 4.80. The van der Waals surface area contributed by atoms with E-state index in [0.717, 1.165) is 0 Å². The number of H-pyrrole nitrogens is 1. The molecule has 28 heavy (non-hydrogen) atoms. The van der Waals surface area contributed by atoms with Crippen LogP contribution in [0.3, 0.4) is 0 Å². The second-order valence-electron chi connectivity index (χ2n) is 6.60. The number of benzene rings is 1. The summed E-state index contributed by atoms with van der Waals surface area (Å²) in [5.74, 6) is -2.69. The number of aromatic nitrogens is 2. The Morgan fingerprint density at radius 2 is 1.86 bits per heavy atom. The lowest BCUT2D eigenvalue weighted by Gasteiger charge is -2.23. The molecule has 0 saturated carbocycles. The Bertz CT molecular complexity index is 974. The van der Waals surface area contributed by atoms with E-state index in [-0.39, 0.29) is 0 Å². The van der Waals surface area contributed by atoms with Crippen LogP contribution in [0.4, 0.5) is 4.39 Å². The number of hydrogen-bond acceptors (Lipinski definition) is 7. The molecule has 0 bridgehead atoms. The molecule has 1 saturated heterocycles. The highest BCUT2D eigenvalue weighted by molar-refractivity contribution is 5.89. The third kappa shape index (κ3) is 3.54. The lowest BCUT2D eigenvalue weighted by molar-refractivity contribution is -0.142. The number of carbonyl (C=O) groups is 1. The molecule has 1 fully saturated rings. The monoisotopic (exact) mass is 394 g/mol. The number of aliphatic hydroxyl groups is 3.